The van der Waals surface area contributed by atoms with Crippen molar-refractivity contribution in [1.82, 2.24) is 5.43 Å². The van der Waals surface area contributed by atoms with E-state index in [0.29, 0.717) is 24.7 Å². The van der Waals surface area contributed by atoms with Crippen LogP contribution in [0.25, 0.3) is 0 Å². The van der Waals surface area contributed by atoms with Gasteiger partial charge in [0.05, 0.1) is 31.5 Å². The van der Waals surface area contributed by atoms with Gasteiger partial charge in [-0.3, -0.25) is 0 Å². The number of hydrogen-bond acceptors (Lipinski definition) is 5. The van der Waals surface area contributed by atoms with Crippen molar-refractivity contribution in [2.24, 2.45) is 5.10 Å². The van der Waals surface area contributed by atoms with Gasteiger partial charge in [0.25, 0.3) is 0 Å². The predicted octanol–water partition coefficient (Wildman–Crippen LogP) is 5.93. The molecule has 0 spiro atoms. The van der Waals surface area contributed by atoms with Crippen LogP contribution in [0.4, 0.5) is 0 Å². The largest absolute Gasteiger partial charge is 0.493 e. The molecule has 0 unspecified atom stereocenters. The van der Waals surface area contributed by atoms with Gasteiger partial charge in [-0.05, 0) is 75.1 Å². The molecule has 5 nitrogen and oxygen atoms in total. The molecule has 1 N–H and O–H groups in total. The first-order chi connectivity index (χ1) is 14.6. The zero-order chi connectivity index (χ0) is 21.3. The monoisotopic (exact) mass is 532 g/mol. The Labute approximate surface area is 193 Å². The number of nitrogens with one attached hydrogen (secondary N) is 1. The molecule has 30 heavy (non-hydrogen) atoms. The molecule has 3 aromatic rings. The Morgan fingerprint density at radius 3 is 2.23 bits per heavy atom. The van der Waals surface area contributed by atoms with Crippen molar-refractivity contribution >= 4 is 38.1 Å². The predicted molar refractivity (Wildman–Crippen MR) is 127 cm³/mol. The highest BCUT2D eigenvalue weighted by molar-refractivity contribution is 9.10. The summed E-state index contributed by atoms with van der Waals surface area (Å²) in [5.74, 6) is 2.19. The number of halogens is 2. The smallest absolute Gasteiger partial charge is 0.161 e. The summed E-state index contributed by atoms with van der Waals surface area (Å²) in [4.78, 5) is 0. The van der Waals surface area contributed by atoms with Crippen molar-refractivity contribution in [3.63, 3.8) is 0 Å². The van der Waals surface area contributed by atoms with Gasteiger partial charge in [0.15, 0.2) is 11.5 Å². The molecule has 3 rings (SSSR count). The summed E-state index contributed by atoms with van der Waals surface area (Å²) in [5.41, 5.74) is 6.15. The Morgan fingerprint density at radius 1 is 0.833 bits per heavy atom. The molecule has 0 bridgehead atoms. The minimum Gasteiger partial charge on any atom is -0.493 e. The average Bonchev–Trinajstić information content (AvgIpc) is 2.77. The van der Waals surface area contributed by atoms with Crippen LogP contribution >= 0.6 is 31.9 Å². The lowest BCUT2D eigenvalue weighted by Gasteiger charge is -2.10. The number of ether oxygens (including phenoxy) is 3. The number of hydrogen-bond donors (Lipinski definition) is 1. The maximum absolute atomic E-state index is 5.90. The average molecular weight is 534 g/mol. The van der Waals surface area contributed by atoms with Gasteiger partial charge in [-0.1, -0.05) is 34.1 Å². The van der Waals surface area contributed by atoms with Gasteiger partial charge in [-0.15, -0.1) is 0 Å². The van der Waals surface area contributed by atoms with Gasteiger partial charge < -0.3 is 19.6 Å². The molecule has 0 aliphatic rings. The van der Waals surface area contributed by atoms with Crippen LogP contribution in [0.5, 0.6) is 17.2 Å². The molecule has 0 amide bonds. The van der Waals surface area contributed by atoms with Crippen LogP contribution in [0, 0.1) is 0 Å². The van der Waals surface area contributed by atoms with E-state index in [4.69, 9.17) is 14.2 Å². The Hall–Kier alpha value is -2.51. The normalized spacial score (nSPS) is 10.8. The zero-order valence-corrected chi connectivity index (χ0v) is 19.9. The van der Waals surface area contributed by atoms with Gasteiger partial charge in [0.2, 0.25) is 0 Å². The highest BCUT2D eigenvalue weighted by atomic mass is 79.9. The summed E-state index contributed by atoms with van der Waals surface area (Å²) in [6.45, 7) is 1.08. The van der Waals surface area contributed by atoms with E-state index in [1.165, 1.54) is 0 Å². The number of methoxy groups -OCH3 is 2. The van der Waals surface area contributed by atoms with E-state index < -0.39 is 0 Å². The molecule has 0 aliphatic heterocycles. The van der Waals surface area contributed by atoms with Crippen molar-refractivity contribution in [3.8, 4) is 17.2 Å². The Balaban J connectivity index is 1.53. The molecular formula is C23H22Br2N2O3. The summed E-state index contributed by atoms with van der Waals surface area (Å²) in [6.07, 6.45) is 1.77. The topological polar surface area (TPSA) is 52.1 Å². The molecule has 0 radical (unpaired) electrons. The Kier molecular flexibility index (Phi) is 8.16. The molecule has 0 atom stereocenters. The molecule has 3 aromatic carbocycles. The lowest BCUT2D eigenvalue weighted by Crippen LogP contribution is -2.06. The lowest BCUT2D eigenvalue weighted by atomic mass is 10.2. The summed E-state index contributed by atoms with van der Waals surface area (Å²) >= 11 is 7.00. The second-order valence-corrected chi connectivity index (χ2v) is 8.16. The quantitative estimate of drug-likeness (QED) is 0.273. The molecule has 0 aliphatic carbocycles. The van der Waals surface area contributed by atoms with Crippen LogP contribution in [-0.2, 0) is 13.2 Å². The molecule has 0 fully saturated rings. The van der Waals surface area contributed by atoms with E-state index in [-0.39, 0.29) is 0 Å². The van der Waals surface area contributed by atoms with Gasteiger partial charge in [-0.25, -0.2) is 0 Å². The van der Waals surface area contributed by atoms with Gasteiger partial charge in [0, 0.05) is 4.47 Å². The third kappa shape index (κ3) is 6.24. The third-order valence-corrected chi connectivity index (χ3v) is 5.45. The van der Waals surface area contributed by atoms with E-state index in [0.717, 1.165) is 31.4 Å². The Bertz CT molecular complexity index is 1010. The fraction of sp³-hybridized carbons (Fsp3) is 0.174. The maximum atomic E-state index is 5.90. The van der Waals surface area contributed by atoms with E-state index >= 15 is 0 Å². The van der Waals surface area contributed by atoms with Crippen molar-refractivity contribution < 1.29 is 14.2 Å². The molecule has 0 aromatic heterocycles. The first kappa shape index (κ1) is 22.2. The van der Waals surface area contributed by atoms with E-state index in [1.54, 1.807) is 20.4 Å². The SMILES string of the molecule is COc1ccc(CN/N=C/c2ccc(OCc3ccc(Br)cc3)c(Br)c2)cc1OC. The second kappa shape index (κ2) is 11.0. The number of benzene rings is 3. The first-order valence-electron chi connectivity index (χ1n) is 9.22. The van der Waals surface area contributed by atoms with Crippen LogP contribution < -0.4 is 19.6 Å². The molecule has 0 saturated heterocycles. The second-order valence-electron chi connectivity index (χ2n) is 6.39. The van der Waals surface area contributed by atoms with Crippen LogP contribution in [0.1, 0.15) is 16.7 Å². The first-order valence-corrected chi connectivity index (χ1v) is 10.8. The van der Waals surface area contributed by atoms with E-state index in [9.17, 15) is 0 Å². The molecule has 7 heteroatoms. The van der Waals surface area contributed by atoms with Crippen LogP contribution in [-0.4, -0.2) is 20.4 Å². The zero-order valence-electron chi connectivity index (χ0n) is 16.7. The minimum atomic E-state index is 0.506. The van der Waals surface area contributed by atoms with Gasteiger partial charge >= 0.3 is 0 Å². The fourth-order valence-electron chi connectivity index (χ4n) is 2.70. The molecule has 0 saturated carbocycles. The number of hydrazone groups is 1. The van der Waals surface area contributed by atoms with Gasteiger partial charge in [-0.2, -0.15) is 5.10 Å². The summed E-state index contributed by atoms with van der Waals surface area (Å²) in [5, 5.41) is 4.29. The summed E-state index contributed by atoms with van der Waals surface area (Å²) < 4.78 is 18.4. The van der Waals surface area contributed by atoms with Crippen molar-refractivity contribution in [3.05, 3.63) is 86.3 Å². The summed E-state index contributed by atoms with van der Waals surface area (Å²) in [7, 11) is 3.24. The molecule has 156 valence electrons. The third-order valence-electron chi connectivity index (χ3n) is 4.30. The van der Waals surface area contributed by atoms with Crippen LogP contribution in [0.2, 0.25) is 0 Å². The van der Waals surface area contributed by atoms with E-state index in [1.807, 2.05) is 60.7 Å². The number of rotatable bonds is 9. The number of nitrogens with zero attached hydrogens (tertiary/aromatic N) is 1. The molecular weight excluding hydrogens is 512 g/mol. The van der Waals surface area contributed by atoms with E-state index in [2.05, 4.69) is 42.4 Å². The molecule has 0 heterocycles. The standard InChI is InChI=1S/C23H22Br2N2O3/c1-28-22-10-6-18(12-23(22)29-2)14-27-26-13-17-5-9-21(20(25)11-17)30-15-16-3-7-19(24)8-4-16/h3-13,27H,14-15H2,1-2H3/b26-13+. The van der Waals surface area contributed by atoms with Crippen molar-refractivity contribution in [2.45, 2.75) is 13.2 Å². The van der Waals surface area contributed by atoms with Crippen molar-refractivity contribution in [2.75, 3.05) is 14.2 Å². The van der Waals surface area contributed by atoms with Gasteiger partial charge in [0.1, 0.15) is 12.4 Å². The summed E-state index contributed by atoms with van der Waals surface area (Å²) in [6, 6.07) is 19.7. The minimum absolute atomic E-state index is 0.506. The van der Waals surface area contributed by atoms with Crippen LogP contribution in [0.3, 0.4) is 0 Å². The fourth-order valence-corrected chi connectivity index (χ4v) is 3.48. The highest BCUT2D eigenvalue weighted by Crippen LogP contribution is 2.28. The highest BCUT2D eigenvalue weighted by Gasteiger charge is 2.05. The van der Waals surface area contributed by atoms with Crippen LogP contribution in [0.15, 0.2) is 74.7 Å². The maximum Gasteiger partial charge on any atom is 0.161 e. The lowest BCUT2D eigenvalue weighted by molar-refractivity contribution is 0.304. The van der Waals surface area contributed by atoms with Crippen molar-refractivity contribution in [1.29, 1.82) is 0 Å². The Morgan fingerprint density at radius 2 is 1.53 bits per heavy atom.